The van der Waals surface area contributed by atoms with Crippen molar-refractivity contribution in [2.75, 3.05) is 13.1 Å². The van der Waals surface area contributed by atoms with Crippen LogP contribution in [0.5, 0.6) is 0 Å². The number of para-hydroxylation sites is 1. The first-order valence-electron chi connectivity index (χ1n) is 10.6. The number of carbonyl (C=O) groups is 3. The SMILES string of the molecule is Cc1ccc(/C=C2\SC(=O)N(CCNC(=O)CCn3c(=O)[nH]c(=O)c4ccccc43)C2=O)cc1. The van der Waals surface area contributed by atoms with Crippen molar-refractivity contribution in [3.8, 4) is 0 Å². The number of hydrogen-bond acceptors (Lipinski definition) is 6. The molecule has 2 heterocycles. The monoisotopic (exact) mass is 478 g/mol. The maximum Gasteiger partial charge on any atom is 0.328 e. The number of thioether (sulfide) groups is 1. The quantitative estimate of drug-likeness (QED) is 0.503. The first kappa shape index (κ1) is 23.2. The molecule has 4 rings (SSSR count). The maximum absolute atomic E-state index is 12.6. The van der Waals surface area contributed by atoms with Gasteiger partial charge in [0, 0.05) is 26.1 Å². The molecule has 1 aromatic heterocycles. The summed E-state index contributed by atoms with van der Waals surface area (Å²) in [5.74, 6) is -0.736. The van der Waals surface area contributed by atoms with E-state index in [4.69, 9.17) is 0 Å². The van der Waals surface area contributed by atoms with Gasteiger partial charge in [-0.1, -0.05) is 42.0 Å². The van der Waals surface area contributed by atoms with E-state index < -0.39 is 17.2 Å². The zero-order valence-corrected chi connectivity index (χ0v) is 19.2. The summed E-state index contributed by atoms with van der Waals surface area (Å²) in [6, 6.07) is 14.3. The minimum Gasteiger partial charge on any atom is -0.354 e. The average molecular weight is 479 g/mol. The van der Waals surface area contributed by atoms with Crippen LogP contribution in [-0.4, -0.2) is 44.6 Å². The van der Waals surface area contributed by atoms with Crippen molar-refractivity contribution in [2.45, 2.75) is 19.9 Å². The summed E-state index contributed by atoms with van der Waals surface area (Å²) in [7, 11) is 0. The maximum atomic E-state index is 12.6. The van der Waals surface area contributed by atoms with Crippen molar-refractivity contribution in [1.29, 1.82) is 0 Å². The Balaban J connectivity index is 1.32. The smallest absolute Gasteiger partial charge is 0.328 e. The largest absolute Gasteiger partial charge is 0.354 e. The van der Waals surface area contributed by atoms with Crippen LogP contribution in [0.1, 0.15) is 17.5 Å². The molecule has 0 unspecified atom stereocenters. The minimum atomic E-state index is -0.588. The normalized spacial score (nSPS) is 14.9. The Kier molecular flexibility index (Phi) is 6.78. The van der Waals surface area contributed by atoms with Crippen LogP contribution >= 0.6 is 11.8 Å². The summed E-state index contributed by atoms with van der Waals surface area (Å²) in [5.41, 5.74) is 1.31. The first-order chi connectivity index (χ1) is 16.3. The van der Waals surface area contributed by atoms with E-state index in [2.05, 4.69) is 10.3 Å². The molecule has 1 saturated heterocycles. The lowest BCUT2D eigenvalue weighted by Gasteiger charge is -2.13. The number of hydrogen-bond donors (Lipinski definition) is 2. The summed E-state index contributed by atoms with van der Waals surface area (Å²) >= 11 is 0.870. The Bertz CT molecular complexity index is 1420. The molecule has 2 N–H and O–H groups in total. The van der Waals surface area contributed by atoms with Gasteiger partial charge in [0.05, 0.1) is 15.8 Å². The fourth-order valence-corrected chi connectivity index (χ4v) is 4.45. The Hall–Kier alpha value is -3.92. The molecule has 0 radical (unpaired) electrons. The van der Waals surface area contributed by atoms with Gasteiger partial charge in [0.2, 0.25) is 5.91 Å². The summed E-state index contributed by atoms with van der Waals surface area (Å²) < 4.78 is 1.34. The number of aromatic amines is 1. The van der Waals surface area contributed by atoms with Gasteiger partial charge in [0.1, 0.15) is 0 Å². The van der Waals surface area contributed by atoms with Gasteiger partial charge in [0.25, 0.3) is 16.7 Å². The Morgan fingerprint density at radius 3 is 2.53 bits per heavy atom. The molecule has 1 fully saturated rings. The molecule has 10 heteroatoms. The fourth-order valence-electron chi connectivity index (χ4n) is 3.58. The van der Waals surface area contributed by atoms with E-state index in [0.717, 1.165) is 27.8 Å². The fraction of sp³-hybridized carbons (Fsp3) is 0.208. The Labute approximate surface area is 198 Å². The average Bonchev–Trinajstić information content (AvgIpc) is 3.07. The second-order valence-corrected chi connectivity index (χ2v) is 8.77. The number of H-pyrrole nitrogens is 1. The van der Waals surface area contributed by atoms with Crippen molar-refractivity contribution in [3.05, 3.63) is 85.4 Å². The van der Waals surface area contributed by atoms with Crippen LogP contribution in [-0.2, 0) is 16.1 Å². The molecule has 1 aliphatic rings. The third kappa shape index (κ3) is 5.01. The standard InChI is InChI=1S/C24H22N4O5S/c1-15-6-8-16(9-7-15)14-19-22(31)28(24(33)34-19)13-11-25-20(29)10-12-27-18-5-3-2-4-17(18)21(30)26-23(27)32/h2-9,14H,10-13H2,1H3,(H,25,29)(H,26,30,32)/b19-14-. The number of rotatable bonds is 7. The Morgan fingerprint density at radius 1 is 1.03 bits per heavy atom. The van der Waals surface area contributed by atoms with E-state index in [1.165, 1.54) is 4.57 Å². The molecule has 2 aromatic carbocycles. The second-order valence-electron chi connectivity index (χ2n) is 7.77. The van der Waals surface area contributed by atoms with Gasteiger partial charge in [-0.2, -0.15) is 0 Å². The summed E-state index contributed by atoms with van der Waals surface area (Å²) in [4.78, 5) is 65.0. The summed E-state index contributed by atoms with van der Waals surface area (Å²) in [6.07, 6.45) is 1.67. The number of nitrogens with one attached hydrogen (secondary N) is 2. The van der Waals surface area contributed by atoms with Crippen molar-refractivity contribution in [3.63, 3.8) is 0 Å². The van der Waals surface area contributed by atoms with Crippen molar-refractivity contribution in [2.24, 2.45) is 0 Å². The number of imide groups is 1. The van der Waals surface area contributed by atoms with Crippen LogP contribution < -0.4 is 16.6 Å². The number of benzene rings is 2. The van der Waals surface area contributed by atoms with Gasteiger partial charge in [0.15, 0.2) is 0 Å². The molecule has 0 bridgehead atoms. The van der Waals surface area contributed by atoms with E-state index in [1.807, 2.05) is 31.2 Å². The first-order valence-corrected chi connectivity index (χ1v) is 11.5. The molecule has 0 aliphatic carbocycles. The molecule has 1 aliphatic heterocycles. The number of aryl methyl sites for hydroxylation is 2. The van der Waals surface area contributed by atoms with E-state index >= 15 is 0 Å². The van der Waals surface area contributed by atoms with Crippen LogP contribution in [0.3, 0.4) is 0 Å². The lowest BCUT2D eigenvalue weighted by molar-refractivity contribution is -0.124. The predicted molar refractivity (Wildman–Crippen MR) is 130 cm³/mol. The van der Waals surface area contributed by atoms with Crippen LogP contribution in [0.4, 0.5) is 4.79 Å². The number of fused-ring (bicyclic) bond motifs is 1. The number of aromatic nitrogens is 2. The van der Waals surface area contributed by atoms with E-state index in [9.17, 15) is 24.0 Å². The number of nitrogens with zero attached hydrogens (tertiary/aromatic N) is 2. The predicted octanol–water partition coefficient (Wildman–Crippen LogP) is 2.24. The summed E-state index contributed by atoms with van der Waals surface area (Å²) in [5, 5.41) is 2.65. The molecule has 174 valence electrons. The number of amides is 3. The lowest BCUT2D eigenvalue weighted by Crippen LogP contribution is -2.38. The van der Waals surface area contributed by atoms with Crippen LogP contribution in [0.25, 0.3) is 17.0 Å². The van der Waals surface area contributed by atoms with E-state index in [-0.39, 0.29) is 37.2 Å². The molecule has 0 atom stereocenters. The Morgan fingerprint density at radius 2 is 1.76 bits per heavy atom. The zero-order valence-electron chi connectivity index (χ0n) is 18.4. The molecule has 0 saturated carbocycles. The van der Waals surface area contributed by atoms with Gasteiger partial charge in [-0.05, 0) is 42.5 Å². The second kappa shape index (κ2) is 9.92. The van der Waals surface area contributed by atoms with E-state index in [0.29, 0.717) is 15.8 Å². The third-order valence-electron chi connectivity index (χ3n) is 5.37. The lowest BCUT2D eigenvalue weighted by atomic mass is 10.1. The molecule has 3 amide bonds. The highest BCUT2D eigenvalue weighted by Crippen LogP contribution is 2.31. The van der Waals surface area contributed by atoms with Crippen LogP contribution in [0.2, 0.25) is 0 Å². The topological polar surface area (TPSA) is 121 Å². The highest BCUT2D eigenvalue weighted by atomic mass is 32.2. The zero-order chi connectivity index (χ0) is 24.2. The van der Waals surface area contributed by atoms with Gasteiger partial charge in [-0.15, -0.1) is 0 Å². The van der Waals surface area contributed by atoms with Gasteiger partial charge >= 0.3 is 5.69 Å². The van der Waals surface area contributed by atoms with Gasteiger partial charge in [-0.3, -0.25) is 33.6 Å². The molecular formula is C24H22N4O5S. The van der Waals surface area contributed by atoms with Crippen LogP contribution in [0, 0.1) is 6.92 Å². The molecule has 0 spiro atoms. The highest BCUT2D eigenvalue weighted by Gasteiger charge is 2.34. The molecule has 3 aromatic rings. The molecule has 34 heavy (non-hydrogen) atoms. The van der Waals surface area contributed by atoms with Crippen LogP contribution in [0.15, 0.2) is 63.0 Å². The number of carbonyl (C=O) groups excluding carboxylic acids is 3. The third-order valence-corrected chi connectivity index (χ3v) is 6.28. The van der Waals surface area contributed by atoms with E-state index in [1.54, 1.807) is 30.3 Å². The van der Waals surface area contributed by atoms with Crippen molar-refractivity contribution >= 4 is 45.8 Å². The summed E-state index contributed by atoms with van der Waals surface area (Å²) in [6.45, 7) is 2.18. The minimum absolute atomic E-state index is 0.00877. The van der Waals surface area contributed by atoms with Crippen molar-refractivity contribution < 1.29 is 14.4 Å². The van der Waals surface area contributed by atoms with Gasteiger partial charge in [-0.25, -0.2) is 4.79 Å². The molecular weight excluding hydrogens is 456 g/mol. The molecule has 9 nitrogen and oxygen atoms in total. The highest BCUT2D eigenvalue weighted by molar-refractivity contribution is 8.18. The van der Waals surface area contributed by atoms with Crippen molar-refractivity contribution in [1.82, 2.24) is 19.8 Å². The van der Waals surface area contributed by atoms with Gasteiger partial charge < -0.3 is 5.32 Å².